The predicted octanol–water partition coefficient (Wildman–Crippen LogP) is 6.00. The second-order valence-corrected chi connectivity index (χ2v) is 11.5. The maximum absolute atomic E-state index is 13.1. The van der Waals surface area contributed by atoms with Crippen molar-refractivity contribution in [3.8, 4) is 0 Å². The van der Waals surface area contributed by atoms with Crippen LogP contribution < -0.4 is 0 Å². The smallest absolute Gasteiger partial charge is 0.458 e. The van der Waals surface area contributed by atoms with E-state index in [4.69, 9.17) is 18.9 Å². The molecule has 0 aliphatic rings. The molecule has 7 heteroatoms. The van der Waals surface area contributed by atoms with Crippen molar-refractivity contribution in [1.29, 1.82) is 0 Å². The molecule has 0 spiro atoms. The minimum absolute atomic E-state index is 0.0110. The topological polar surface area (TPSA) is 82.1 Å². The molecule has 0 fully saturated rings. The Morgan fingerprint density at radius 1 is 0.964 bits per heavy atom. The lowest BCUT2D eigenvalue weighted by molar-refractivity contribution is -0.192. The Balaban J connectivity index is 5.21. The number of hydrogen-bond donors (Lipinski definition) is 1. The van der Waals surface area contributed by atoms with Crippen molar-refractivity contribution in [3.05, 3.63) is 0 Å². The fourth-order valence-electron chi connectivity index (χ4n) is 3.01. The van der Waals surface area contributed by atoms with Crippen LogP contribution in [0.2, 0.25) is 0 Å². The summed E-state index contributed by atoms with van der Waals surface area (Å²) >= 11 is 0. The van der Waals surface area contributed by atoms with Crippen molar-refractivity contribution in [1.82, 2.24) is 0 Å². The molecule has 0 radical (unpaired) electrons. The van der Waals surface area contributed by atoms with Gasteiger partial charge in [0.05, 0.1) is 12.0 Å². The Labute approximate surface area is 172 Å². The van der Waals surface area contributed by atoms with E-state index in [2.05, 4.69) is 41.5 Å². The average Bonchev–Trinajstić information content (AvgIpc) is 2.42. The van der Waals surface area contributed by atoms with Gasteiger partial charge < -0.3 is 9.47 Å². The Kier molecular flexibility index (Phi) is 9.32. The van der Waals surface area contributed by atoms with Crippen molar-refractivity contribution < 1.29 is 28.3 Å². The van der Waals surface area contributed by atoms with E-state index in [0.717, 1.165) is 12.8 Å². The second kappa shape index (κ2) is 9.51. The predicted molar refractivity (Wildman–Crippen MR) is 112 cm³/mol. The molecule has 28 heavy (non-hydrogen) atoms. The molecular weight excluding hydrogens is 379 g/mol. The lowest BCUT2D eigenvalue weighted by Crippen LogP contribution is -2.50. The van der Waals surface area contributed by atoms with Gasteiger partial charge in [-0.1, -0.05) is 46.1 Å². The van der Waals surface area contributed by atoms with Gasteiger partial charge in [-0.05, 0) is 59.3 Å². The highest BCUT2D eigenvalue weighted by Gasteiger charge is 2.47. The highest BCUT2D eigenvalue weighted by atomic mass is 31.1. The summed E-state index contributed by atoms with van der Waals surface area (Å²) in [5, 5.41) is 0. The van der Waals surface area contributed by atoms with Crippen LogP contribution in [0.1, 0.15) is 95.4 Å². The molecule has 0 aliphatic carbocycles. The monoisotopic (exact) mass is 421 g/mol. The molecule has 0 aromatic rings. The van der Waals surface area contributed by atoms with E-state index >= 15 is 0 Å². The minimum Gasteiger partial charge on any atom is -0.458 e. The summed E-state index contributed by atoms with van der Waals surface area (Å²) in [6.45, 7) is 21.8. The van der Waals surface area contributed by atoms with Crippen LogP contribution in [0.3, 0.4) is 0 Å². The third-order valence-corrected chi connectivity index (χ3v) is 6.12. The molecule has 0 aromatic carbocycles. The lowest BCUT2D eigenvalue weighted by atomic mass is 9.67. The van der Waals surface area contributed by atoms with Crippen molar-refractivity contribution in [2.24, 2.45) is 16.2 Å². The van der Waals surface area contributed by atoms with E-state index in [1.54, 1.807) is 13.8 Å². The number of carbonyl (C=O) groups excluding carboxylic acids is 1. The molecule has 166 valence electrons. The van der Waals surface area contributed by atoms with Gasteiger partial charge in [-0.25, -0.2) is 0 Å². The van der Waals surface area contributed by atoms with E-state index in [9.17, 15) is 9.36 Å². The summed E-state index contributed by atoms with van der Waals surface area (Å²) in [4.78, 5) is 22.0. The maximum Gasteiger partial charge on any atom is 0.697 e. The van der Waals surface area contributed by atoms with Gasteiger partial charge in [-0.15, -0.1) is 4.89 Å². The summed E-state index contributed by atoms with van der Waals surface area (Å²) in [6.07, 6.45) is 2.05. The van der Waals surface area contributed by atoms with Crippen LogP contribution >= 0.6 is 8.25 Å². The number of esters is 1. The zero-order chi connectivity index (χ0) is 22.6. The molecule has 6 nitrogen and oxygen atoms in total. The second-order valence-electron chi connectivity index (χ2n) is 10.8. The number of rotatable bonds is 11. The molecule has 0 aliphatic heterocycles. The number of hydrogen-bond acceptors (Lipinski definition) is 5. The molecule has 2 atom stereocenters. The van der Waals surface area contributed by atoms with E-state index in [1.807, 2.05) is 20.8 Å². The van der Waals surface area contributed by atoms with Crippen LogP contribution in [0.25, 0.3) is 0 Å². The first-order chi connectivity index (χ1) is 12.3. The molecule has 1 N–H and O–H groups in total. The van der Waals surface area contributed by atoms with E-state index in [-0.39, 0.29) is 23.4 Å². The van der Waals surface area contributed by atoms with E-state index < -0.39 is 25.1 Å². The highest BCUT2D eigenvalue weighted by molar-refractivity contribution is 7.32. The van der Waals surface area contributed by atoms with Crippen LogP contribution in [0.5, 0.6) is 0 Å². The summed E-state index contributed by atoms with van der Waals surface area (Å²) in [7, 11) is -2.76. The standard InChI is InChI=1S/C21H41O6P/c1-12-19(7,8)21(11,15-17(2,3)4)26-16(22)18(5,6)13-14-25-20(9,10)27-28(23)24/h12-15H2,1-11H3/p+1. The summed E-state index contributed by atoms with van der Waals surface area (Å²) in [5.74, 6) is -1.47. The third-order valence-electron chi connectivity index (χ3n) is 5.53. The summed E-state index contributed by atoms with van der Waals surface area (Å²) in [5.41, 5.74) is -1.53. The van der Waals surface area contributed by atoms with Crippen molar-refractivity contribution in [2.45, 2.75) is 107 Å². The largest absolute Gasteiger partial charge is 0.697 e. The lowest BCUT2D eigenvalue weighted by Gasteiger charge is -2.47. The van der Waals surface area contributed by atoms with Crippen LogP contribution in [0.4, 0.5) is 0 Å². The molecule has 0 amide bonds. The fourth-order valence-corrected chi connectivity index (χ4v) is 3.44. The van der Waals surface area contributed by atoms with Gasteiger partial charge in [0.1, 0.15) is 5.60 Å². The quantitative estimate of drug-likeness (QED) is 0.250. The van der Waals surface area contributed by atoms with Gasteiger partial charge in [-0.2, -0.15) is 0 Å². The molecule has 0 saturated heterocycles. The molecule has 0 rings (SSSR count). The SMILES string of the molecule is CCC(C)(C)C(C)(CC(C)(C)C)OC(=O)C(C)(C)CCOC(C)(C)O[P+](=O)O. The Hall–Kier alpha value is -0.550. The first kappa shape index (κ1) is 27.5. The molecule has 0 saturated carbocycles. The van der Waals surface area contributed by atoms with Gasteiger partial charge in [0.2, 0.25) is 5.79 Å². The fraction of sp³-hybridized carbons (Fsp3) is 0.952. The molecule has 0 aromatic heterocycles. The Morgan fingerprint density at radius 3 is 1.86 bits per heavy atom. The van der Waals surface area contributed by atoms with Gasteiger partial charge in [0.25, 0.3) is 0 Å². The van der Waals surface area contributed by atoms with Gasteiger partial charge in [0, 0.05) is 9.98 Å². The van der Waals surface area contributed by atoms with Crippen LogP contribution in [0.15, 0.2) is 0 Å². The molecule has 2 unspecified atom stereocenters. The highest BCUT2D eigenvalue weighted by Crippen LogP contribution is 2.45. The van der Waals surface area contributed by atoms with E-state index in [1.165, 1.54) is 0 Å². The van der Waals surface area contributed by atoms with Crippen molar-refractivity contribution in [2.75, 3.05) is 6.61 Å². The zero-order valence-electron chi connectivity index (χ0n) is 19.8. The molecular formula is C21H42O6P+. The average molecular weight is 422 g/mol. The van der Waals surface area contributed by atoms with Gasteiger partial charge >= 0.3 is 14.2 Å². The Morgan fingerprint density at radius 2 is 1.46 bits per heavy atom. The van der Waals surface area contributed by atoms with Crippen molar-refractivity contribution in [3.63, 3.8) is 0 Å². The molecule has 0 bridgehead atoms. The first-order valence-electron chi connectivity index (χ1n) is 10.00. The normalized spacial score (nSPS) is 16.5. The Bertz CT molecular complexity index is 548. The number of carbonyl (C=O) groups is 1. The number of ether oxygens (including phenoxy) is 2. The minimum atomic E-state index is -2.76. The molecule has 0 heterocycles. The maximum atomic E-state index is 13.1. The van der Waals surface area contributed by atoms with Crippen LogP contribution in [-0.2, 0) is 23.4 Å². The summed E-state index contributed by atoms with van der Waals surface area (Å²) < 4.78 is 27.4. The van der Waals surface area contributed by atoms with Crippen LogP contribution in [-0.4, -0.2) is 28.9 Å². The van der Waals surface area contributed by atoms with Gasteiger partial charge in [0.15, 0.2) is 0 Å². The van der Waals surface area contributed by atoms with Crippen LogP contribution in [0, 0.1) is 16.2 Å². The van der Waals surface area contributed by atoms with Gasteiger partial charge in [-0.3, -0.25) is 4.79 Å². The van der Waals surface area contributed by atoms with Crippen molar-refractivity contribution >= 4 is 14.2 Å². The van der Waals surface area contributed by atoms with E-state index in [0.29, 0.717) is 6.42 Å². The zero-order valence-corrected chi connectivity index (χ0v) is 20.7. The summed E-state index contributed by atoms with van der Waals surface area (Å²) in [6, 6.07) is 0. The third kappa shape index (κ3) is 8.86. The first-order valence-corrected chi connectivity index (χ1v) is 11.1.